The molecule has 0 bridgehead atoms. The van der Waals surface area contributed by atoms with Gasteiger partial charge in [0.25, 0.3) is 0 Å². The number of rotatable bonds is 7. The third-order valence-electron chi connectivity index (χ3n) is 6.11. The molecule has 1 aromatic heterocycles. The molecule has 2 aromatic carbocycles. The van der Waals surface area contributed by atoms with Crippen LogP contribution in [0.5, 0.6) is 0 Å². The number of nitrogens with zero attached hydrogens (tertiary/aromatic N) is 2. The fraction of sp³-hybridized carbons (Fsp3) is 0.375. The summed E-state index contributed by atoms with van der Waals surface area (Å²) in [4.78, 5) is 30.0. The molecule has 0 saturated heterocycles. The fourth-order valence-electron chi connectivity index (χ4n) is 4.33. The molecule has 1 aliphatic carbocycles. The molecule has 1 fully saturated rings. The van der Waals surface area contributed by atoms with Crippen LogP contribution < -0.4 is 16.0 Å². The Kier molecular flexibility index (Phi) is 6.39. The van der Waals surface area contributed by atoms with Crippen LogP contribution in [0.1, 0.15) is 37.1 Å². The predicted molar refractivity (Wildman–Crippen MR) is 120 cm³/mol. The molecule has 0 radical (unpaired) electrons. The molecule has 1 aliphatic rings. The van der Waals surface area contributed by atoms with Gasteiger partial charge in [0.2, 0.25) is 5.91 Å². The Bertz CT molecular complexity index is 1110. The van der Waals surface area contributed by atoms with Crippen LogP contribution in [-0.2, 0) is 24.8 Å². The first-order valence-corrected chi connectivity index (χ1v) is 11.0. The number of imidazole rings is 1. The lowest BCUT2D eigenvalue weighted by Gasteiger charge is -2.29. The normalized spacial score (nSPS) is 14.9. The molecule has 168 valence electrons. The van der Waals surface area contributed by atoms with E-state index in [2.05, 4.69) is 20.9 Å². The van der Waals surface area contributed by atoms with Gasteiger partial charge < -0.3 is 20.5 Å². The van der Waals surface area contributed by atoms with E-state index in [1.807, 2.05) is 41.9 Å². The van der Waals surface area contributed by atoms with Crippen molar-refractivity contribution < 1.29 is 14.0 Å². The first-order valence-electron chi connectivity index (χ1n) is 11.0. The molecule has 7 nitrogen and oxygen atoms in total. The number of urea groups is 1. The highest BCUT2D eigenvalue weighted by molar-refractivity contribution is 5.91. The van der Waals surface area contributed by atoms with Crippen molar-refractivity contribution >= 4 is 23.0 Å². The van der Waals surface area contributed by atoms with Crippen molar-refractivity contribution in [2.75, 3.05) is 6.54 Å². The highest BCUT2D eigenvalue weighted by Gasteiger charge is 2.42. The summed E-state index contributed by atoms with van der Waals surface area (Å²) in [6.45, 7) is 0.783. The second-order valence-electron chi connectivity index (χ2n) is 8.31. The van der Waals surface area contributed by atoms with Crippen LogP contribution >= 0.6 is 0 Å². The molecule has 3 aromatic rings. The molecule has 1 saturated carbocycles. The van der Waals surface area contributed by atoms with E-state index < -0.39 is 5.54 Å². The predicted octanol–water partition coefficient (Wildman–Crippen LogP) is 3.18. The number of benzene rings is 2. The summed E-state index contributed by atoms with van der Waals surface area (Å²) in [7, 11) is 1.88. The maximum absolute atomic E-state index is 13.5. The Labute approximate surface area is 186 Å². The second kappa shape index (κ2) is 9.38. The minimum absolute atomic E-state index is 0.172. The van der Waals surface area contributed by atoms with Crippen LogP contribution in [0, 0.1) is 5.82 Å². The van der Waals surface area contributed by atoms with Gasteiger partial charge in [-0.2, -0.15) is 0 Å². The van der Waals surface area contributed by atoms with E-state index in [4.69, 9.17) is 0 Å². The number of halogens is 1. The second-order valence-corrected chi connectivity index (χ2v) is 8.31. The third kappa shape index (κ3) is 4.74. The lowest BCUT2D eigenvalue weighted by molar-refractivity contribution is -0.127. The molecule has 0 spiro atoms. The van der Waals surface area contributed by atoms with Gasteiger partial charge in [0.15, 0.2) is 0 Å². The molecule has 32 heavy (non-hydrogen) atoms. The average Bonchev–Trinajstić information content (AvgIpc) is 3.38. The summed E-state index contributed by atoms with van der Waals surface area (Å²) in [6, 6.07) is 13.8. The van der Waals surface area contributed by atoms with Gasteiger partial charge in [0.05, 0.1) is 11.0 Å². The van der Waals surface area contributed by atoms with Crippen molar-refractivity contribution in [1.82, 2.24) is 25.5 Å². The van der Waals surface area contributed by atoms with Crippen molar-refractivity contribution in [3.8, 4) is 0 Å². The highest BCUT2D eigenvalue weighted by atomic mass is 19.1. The van der Waals surface area contributed by atoms with E-state index in [1.165, 1.54) is 12.1 Å². The van der Waals surface area contributed by atoms with E-state index in [1.54, 1.807) is 6.07 Å². The van der Waals surface area contributed by atoms with Gasteiger partial charge in [-0.15, -0.1) is 0 Å². The molecule has 0 unspecified atom stereocenters. The smallest absolute Gasteiger partial charge is 0.315 e. The number of nitrogens with one attached hydrogen (secondary N) is 3. The number of hydrogen-bond donors (Lipinski definition) is 3. The van der Waals surface area contributed by atoms with Crippen molar-refractivity contribution in [2.24, 2.45) is 7.05 Å². The summed E-state index contributed by atoms with van der Waals surface area (Å²) < 4.78 is 15.4. The zero-order valence-corrected chi connectivity index (χ0v) is 18.2. The van der Waals surface area contributed by atoms with E-state index in [0.717, 1.165) is 29.7 Å². The Balaban J connectivity index is 1.34. The van der Waals surface area contributed by atoms with Crippen LogP contribution in [0.2, 0.25) is 0 Å². The minimum Gasteiger partial charge on any atom is -0.354 e. The third-order valence-corrected chi connectivity index (χ3v) is 6.11. The van der Waals surface area contributed by atoms with Crippen LogP contribution in [0.4, 0.5) is 9.18 Å². The highest BCUT2D eigenvalue weighted by Crippen LogP contribution is 2.30. The van der Waals surface area contributed by atoms with Crippen LogP contribution in [0.3, 0.4) is 0 Å². The number of aromatic nitrogens is 2. The lowest BCUT2D eigenvalue weighted by atomic mass is 9.96. The summed E-state index contributed by atoms with van der Waals surface area (Å²) in [5.41, 5.74) is 1.54. The largest absolute Gasteiger partial charge is 0.354 e. The molecule has 3 N–H and O–H groups in total. The zero-order chi connectivity index (χ0) is 22.6. The summed E-state index contributed by atoms with van der Waals surface area (Å²) in [5.74, 6) is 0.268. The number of aryl methyl sites for hydroxylation is 1. The lowest BCUT2D eigenvalue weighted by Crippen LogP contribution is -2.59. The standard InChI is InChI=1S/C24H28FN5O2/c1-30-20-10-9-18(25)15-19(20)28-21(30)11-14-26-22(31)24(12-5-6-13-24)29-23(32)27-16-17-7-3-2-4-8-17/h2-4,7-10,15H,5-6,11-14,16H2,1H3,(H,26,31)(H2,27,29,32). The van der Waals surface area contributed by atoms with E-state index >= 15 is 0 Å². The van der Waals surface area contributed by atoms with Gasteiger partial charge in [0, 0.05) is 32.6 Å². The maximum Gasteiger partial charge on any atom is 0.315 e. The Morgan fingerprint density at radius 1 is 1.09 bits per heavy atom. The number of carbonyl (C=O) groups excluding carboxylic acids is 2. The molecule has 3 amide bonds. The topological polar surface area (TPSA) is 88.0 Å². The van der Waals surface area contributed by atoms with Crippen molar-refractivity contribution in [3.05, 3.63) is 65.7 Å². The number of hydrogen-bond acceptors (Lipinski definition) is 3. The molecule has 1 heterocycles. The molecular formula is C24H28FN5O2. The van der Waals surface area contributed by atoms with E-state index in [9.17, 15) is 14.0 Å². The molecule has 4 rings (SSSR count). The van der Waals surface area contributed by atoms with Gasteiger partial charge in [-0.05, 0) is 30.5 Å². The Morgan fingerprint density at radius 2 is 1.84 bits per heavy atom. The minimum atomic E-state index is -0.893. The fourth-order valence-corrected chi connectivity index (χ4v) is 4.33. The van der Waals surface area contributed by atoms with Crippen LogP contribution in [-0.4, -0.2) is 33.6 Å². The zero-order valence-electron chi connectivity index (χ0n) is 18.2. The van der Waals surface area contributed by atoms with Crippen molar-refractivity contribution in [2.45, 2.75) is 44.2 Å². The van der Waals surface area contributed by atoms with Gasteiger partial charge in [-0.25, -0.2) is 14.2 Å². The molecule has 0 atom stereocenters. The van der Waals surface area contributed by atoms with Crippen molar-refractivity contribution in [3.63, 3.8) is 0 Å². The average molecular weight is 438 g/mol. The van der Waals surface area contributed by atoms with Gasteiger partial charge in [0.1, 0.15) is 17.2 Å². The first kappa shape index (κ1) is 21.8. The summed E-state index contributed by atoms with van der Waals surface area (Å²) >= 11 is 0. The first-order chi connectivity index (χ1) is 15.5. The van der Waals surface area contributed by atoms with Crippen molar-refractivity contribution in [1.29, 1.82) is 0 Å². The maximum atomic E-state index is 13.5. The molecule has 0 aliphatic heterocycles. The van der Waals surface area contributed by atoms with E-state index in [0.29, 0.717) is 37.9 Å². The summed E-state index contributed by atoms with van der Waals surface area (Å²) in [5, 5.41) is 8.73. The summed E-state index contributed by atoms with van der Waals surface area (Å²) in [6.07, 6.45) is 3.52. The molecular weight excluding hydrogens is 409 g/mol. The Morgan fingerprint density at radius 3 is 2.59 bits per heavy atom. The number of carbonyl (C=O) groups is 2. The van der Waals surface area contributed by atoms with E-state index in [-0.39, 0.29) is 17.8 Å². The molecule has 8 heteroatoms. The monoisotopic (exact) mass is 437 g/mol. The quantitative estimate of drug-likeness (QED) is 0.531. The number of fused-ring (bicyclic) bond motifs is 1. The van der Waals surface area contributed by atoms with Crippen LogP contribution in [0.15, 0.2) is 48.5 Å². The Hall–Kier alpha value is -3.42. The van der Waals surface area contributed by atoms with Gasteiger partial charge in [-0.3, -0.25) is 4.79 Å². The van der Waals surface area contributed by atoms with Crippen LogP contribution in [0.25, 0.3) is 11.0 Å². The van der Waals surface area contributed by atoms with Gasteiger partial charge in [-0.1, -0.05) is 43.2 Å². The number of amides is 3. The SMILES string of the molecule is Cn1c(CCNC(=O)C2(NC(=O)NCc3ccccc3)CCCC2)nc2cc(F)ccc21. The van der Waals surface area contributed by atoms with Gasteiger partial charge >= 0.3 is 6.03 Å².